The number of aromatic nitrogens is 2. The van der Waals surface area contributed by atoms with Gasteiger partial charge in [-0.25, -0.2) is 4.98 Å². The Bertz CT molecular complexity index is 1330. The van der Waals surface area contributed by atoms with Gasteiger partial charge in [0.05, 0.1) is 11.3 Å². The second kappa shape index (κ2) is 8.29. The van der Waals surface area contributed by atoms with Gasteiger partial charge < -0.3 is 16.0 Å². The number of nitrogen functional groups attached to an aromatic ring is 1. The fourth-order valence-electron chi connectivity index (χ4n) is 3.05. The molecule has 7 nitrogen and oxygen atoms in total. The first kappa shape index (κ1) is 19.5. The molecule has 0 atom stereocenters. The molecule has 30 heavy (non-hydrogen) atoms. The fraction of sp³-hybridized carbons (Fsp3) is 0.0476. The van der Waals surface area contributed by atoms with Crippen molar-refractivity contribution in [3.05, 3.63) is 58.4 Å². The van der Waals surface area contributed by atoms with Gasteiger partial charge >= 0.3 is 0 Å². The lowest BCUT2D eigenvalue weighted by Crippen LogP contribution is -2.14. The van der Waals surface area contributed by atoms with Gasteiger partial charge in [0, 0.05) is 23.0 Å². The van der Waals surface area contributed by atoms with Crippen LogP contribution in [0.1, 0.15) is 11.1 Å². The number of nitrogens with one attached hydrogen (secondary N) is 2. The summed E-state index contributed by atoms with van der Waals surface area (Å²) in [7, 11) is 0. The van der Waals surface area contributed by atoms with Gasteiger partial charge in [-0.15, -0.1) is 0 Å². The van der Waals surface area contributed by atoms with Gasteiger partial charge in [0.15, 0.2) is 0 Å². The van der Waals surface area contributed by atoms with Crippen LogP contribution in [0.2, 0.25) is 0 Å². The minimum atomic E-state index is -0.239. The number of hydrogen-bond acceptors (Lipinski definition) is 7. The van der Waals surface area contributed by atoms with Crippen LogP contribution in [0.15, 0.2) is 52.3 Å². The molecule has 0 aliphatic carbocycles. The number of aromatic amines is 1. The summed E-state index contributed by atoms with van der Waals surface area (Å²) in [5, 5.41) is 27.2. The van der Waals surface area contributed by atoms with Crippen LogP contribution in [0.4, 0.5) is 11.5 Å². The largest absolute Gasteiger partial charge is 0.383 e. The molecule has 0 aliphatic rings. The summed E-state index contributed by atoms with van der Waals surface area (Å²) in [4.78, 5) is 19.8. The summed E-state index contributed by atoms with van der Waals surface area (Å²) in [6.45, 7) is 0. The molecule has 0 bridgehead atoms. The number of carbonyl (C=O) groups excluding carboxylic acids is 1. The van der Waals surface area contributed by atoms with Crippen molar-refractivity contribution in [2.75, 3.05) is 16.8 Å². The number of thioether (sulfide) groups is 1. The molecule has 1 aromatic carbocycles. The number of amides is 1. The first-order chi connectivity index (χ1) is 14.6. The Balaban J connectivity index is 1.58. The van der Waals surface area contributed by atoms with Crippen molar-refractivity contribution in [3.8, 4) is 23.3 Å². The minimum absolute atomic E-state index is 0.0396. The Morgan fingerprint density at radius 1 is 1.23 bits per heavy atom. The first-order valence-electron chi connectivity index (χ1n) is 8.76. The van der Waals surface area contributed by atoms with E-state index in [1.54, 1.807) is 0 Å². The van der Waals surface area contributed by atoms with Crippen molar-refractivity contribution in [1.82, 2.24) is 9.97 Å². The number of carbonyl (C=O) groups is 1. The minimum Gasteiger partial charge on any atom is -0.383 e. The second-order valence-electron chi connectivity index (χ2n) is 6.28. The van der Waals surface area contributed by atoms with Gasteiger partial charge in [0.25, 0.3) is 0 Å². The van der Waals surface area contributed by atoms with E-state index < -0.39 is 0 Å². The maximum atomic E-state index is 12.4. The van der Waals surface area contributed by atoms with Crippen molar-refractivity contribution < 1.29 is 4.79 Å². The number of thiophene rings is 1. The van der Waals surface area contributed by atoms with E-state index >= 15 is 0 Å². The number of nitriles is 2. The highest BCUT2D eigenvalue weighted by atomic mass is 32.2. The van der Waals surface area contributed by atoms with E-state index in [-0.39, 0.29) is 28.6 Å². The van der Waals surface area contributed by atoms with Gasteiger partial charge in [-0.05, 0) is 46.0 Å². The zero-order valence-corrected chi connectivity index (χ0v) is 17.1. The third-order valence-corrected chi connectivity index (χ3v) is 6.06. The first-order valence-corrected chi connectivity index (χ1v) is 10.7. The summed E-state index contributed by atoms with van der Waals surface area (Å²) in [5.41, 5.74) is 9.16. The van der Waals surface area contributed by atoms with Crippen LogP contribution in [0.3, 0.4) is 0 Å². The normalized spacial score (nSPS) is 10.5. The summed E-state index contributed by atoms with van der Waals surface area (Å²) < 4.78 is 0. The number of fused-ring (bicyclic) bond motifs is 1. The van der Waals surface area contributed by atoms with Crippen molar-refractivity contribution in [1.29, 1.82) is 10.5 Å². The Morgan fingerprint density at radius 2 is 2.07 bits per heavy atom. The van der Waals surface area contributed by atoms with Gasteiger partial charge in [-0.2, -0.15) is 21.9 Å². The van der Waals surface area contributed by atoms with Crippen LogP contribution in [-0.2, 0) is 4.79 Å². The number of H-pyrrole nitrogens is 1. The average molecular weight is 431 g/mol. The molecular weight excluding hydrogens is 416 g/mol. The SMILES string of the molecule is N#Cc1c(N)nc(SCC(=O)Nc2ccc3cc[nH]c3c2)c(C#N)c1-c1ccsc1. The van der Waals surface area contributed by atoms with Gasteiger partial charge in [-0.1, -0.05) is 17.8 Å². The van der Waals surface area contributed by atoms with Crippen molar-refractivity contribution >= 4 is 51.4 Å². The summed E-state index contributed by atoms with van der Waals surface area (Å²) in [5.74, 6) is -0.159. The second-order valence-corrected chi connectivity index (χ2v) is 8.02. The molecule has 3 heterocycles. The maximum absolute atomic E-state index is 12.4. The molecular formula is C21H14N6OS2. The highest BCUT2D eigenvalue weighted by Gasteiger charge is 2.21. The fourth-order valence-corrected chi connectivity index (χ4v) is 4.50. The molecule has 0 radical (unpaired) electrons. The van der Waals surface area contributed by atoms with Crippen molar-refractivity contribution in [3.63, 3.8) is 0 Å². The predicted molar refractivity (Wildman–Crippen MR) is 119 cm³/mol. The van der Waals surface area contributed by atoms with Gasteiger partial charge in [0.1, 0.15) is 28.5 Å². The molecule has 4 N–H and O–H groups in total. The highest BCUT2D eigenvalue weighted by Crippen LogP contribution is 2.36. The third kappa shape index (κ3) is 3.72. The Labute approximate surface area is 180 Å². The Hall–Kier alpha value is -3.79. The molecule has 0 saturated carbocycles. The Morgan fingerprint density at radius 3 is 2.80 bits per heavy atom. The van der Waals surface area contributed by atoms with Gasteiger partial charge in [0.2, 0.25) is 5.91 Å². The number of anilines is 2. The van der Waals surface area contributed by atoms with E-state index in [1.807, 2.05) is 53.4 Å². The molecule has 146 valence electrons. The third-order valence-electron chi connectivity index (χ3n) is 4.40. The standard InChI is InChI=1S/C21H14N6OS2/c22-8-15-19(13-4-6-29-10-13)16(9-23)21(27-20(15)24)30-11-18(28)26-14-2-1-12-3-5-25-17(12)7-14/h1-7,10,25H,11H2,(H2,24,27)(H,26,28). The number of hydrogen-bond donors (Lipinski definition) is 3. The summed E-state index contributed by atoms with van der Waals surface area (Å²) in [6, 6.07) is 13.5. The zero-order valence-electron chi connectivity index (χ0n) is 15.5. The smallest absolute Gasteiger partial charge is 0.234 e. The number of benzene rings is 1. The van der Waals surface area contributed by atoms with Crippen LogP contribution in [-0.4, -0.2) is 21.6 Å². The van der Waals surface area contributed by atoms with Crippen molar-refractivity contribution in [2.24, 2.45) is 0 Å². The zero-order chi connectivity index (χ0) is 21.1. The molecule has 0 saturated heterocycles. The highest BCUT2D eigenvalue weighted by molar-refractivity contribution is 8.00. The van der Waals surface area contributed by atoms with E-state index in [0.29, 0.717) is 16.3 Å². The van der Waals surface area contributed by atoms with Crippen LogP contribution < -0.4 is 11.1 Å². The van der Waals surface area contributed by atoms with Crippen LogP contribution >= 0.6 is 23.1 Å². The van der Waals surface area contributed by atoms with E-state index in [1.165, 1.54) is 11.3 Å². The number of nitrogens with two attached hydrogens (primary N) is 1. The summed E-state index contributed by atoms with van der Waals surface area (Å²) >= 11 is 2.56. The molecule has 4 rings (SSSR count). The van der Waals surface area contributed by atoms with E-state index in [0.717, 1.165) is 28.2 Å². The molecule has 0 spiro atoms. The lowest BCUT2D eigenvalue weighted by Gasteiger charge is -2.12. The predicted octanol–water partition coefficient (Wildman–Crippen LogP) is 4.35. The van der Waals surface area contributed by atoms with Crippen LogP contribution in [0.25, 0.3) is 22.0 Å². The van der Waals surface area contributed by atoms with Crippen LogP contribution in [0, 0.1) is 22.7 Å². The van der Waals surface area contributed by atoms with E-state index in [4.69, 9.17) is 5.73 Å². The molecule has 0 unspecified atom stereocenters. The number of nitrogens with zero attached hydrogens (tertiary/aromatic N) is 3. The molecule has 9 heteroatoms. The Kier molecular flexibility index (Phi) is 5.40. The topological polar surface area (TPSA) is 131 Å². The molecule has 1 amide bonds. The molecule has 4 aromatic rings. The lowest BCUT2D eigenvalue weighted by molar-refractivity contribution is -0.113. The average Bonchev–Trinajstić information content (AvgIpc) is 3.43. The monoisotopic (exact) mass is 430 g/mol. The van der Waals surface area contributed by atoms with Crippen molar-refractivity contribution in [2.45, 2.75) is 5.03 Å². The number of pyridine rings is 1. The maximum Gasteiger partial charge on any atom is 0.234 e. The molecule has 0 aliphatic heterocycles. The van der Waals surface area contributed by atoms with E-state index in [2.05, 4.69) is 21.4 Å². The number of rotatable bonds is 5. The van der Waals surface area contributed by atoms with Crippen LogP contribution in [0.5, 0.6) is 0 Å². The van der Waals surface area contributed by atoms with E-state index in [9.17, 15) is 15.3 Å². The molecule has 0 fully saturated rings. The summed E-state index contributed by atoms with van der Waals surface area (Å²) in [6.07, 6.45) is 1.83. The lowest BCUT2D eigenvalue weighted by atomic mass is 9.99. The molecule has 3 aromatic heterocycles. The quantitative estimate of drug-likeness (QED) is 0.403. The van der Waals surface area contributed by atoms with Gasteiger partial charge in [-0.3, -0.25) is 4.79 Å².